The number of nitriles is 1. The normalized spacial score (nSPS) is 23.1. The van der Waals surface area contributed by atoms with Gasteiger partial charge in [0, 0.05) is 36.8 Å². The number of likely N-dealkylation sites (N-methyl/N-ethyl adjacent to an activating group) is 1. The van der Waals surface area contributed by atoms with Gasteiger partial charge in [0.1, 0.15) is 5.41 Å². The van der Waals surface area contributed by atoms with Crippen molar-refractivity contribution in [3.8, 4) is 6.07 Å². The zero-order valence-electron chi connectivity index (χ0n) is 16.0. The van der Waals surface area contributed by atoms with Crippen LogP contribution in [0.1, 0.15) is 29.5 Å². The maximum absolute atomic E-state index is 10.5. The fraction of sp³-hybridized carbons (Fsp3) is 0.435. The molecule has 0 aromatic heterocycles. The second-order valence-electron chi connectivity index (χ2n) is 7.71. The van der Waals surface area contributed by atoms with Crippen LogP contribution in [0.3, 0.4) is 0 Å². The highest BCUT2D eigenvalue weighted by atomic mass is 32.2. The van der Waals surface area contributed by atoms with Crippen LogP contribution in [-0.2, 0) is 11.2 Å². The first kappa shape index (κ1) is 18.6. The van der Waals surface area contributed by atoms with E-state index in [1.165, 1.54) is 21.6 Å². The van der Waals surface area contributed by atoms with Gasteiger partial charge >= 0.3 is 0 Å². The van der Waals surface area contributed by atoms with Crippen molar-refractivity contribution >= 4 is 11.8 Å². The monoisotopic (exact) mass is 377 g/mol. The molecular formula is C23H27N3S. The van der Waals surface area contributed by atoms with E-state index in [4.69, 9.17) is 0 Å². The summed E-state index contributed by atoms with van der Waals surface area (Å²) >= 11 is 1.86. The van der Waals surface area contributed by atoms with Gasteiger partial charge in [0.25, 0.3) is 0 Å². The molecule has 2 heterocycles. The second-order valence-corrected chi connectivity index (χ2v) is 8.72. The first-order valence-corrected chi connectivity index (χ1v) is 10.8. The van der Waals surface area contributed by atoms with E-state index in [0.717, 1.165) is 51.3 Å². The number of nitrogens with zero attached hydrogens (tertiary/aromatic N) is 3. The van der Waals surface area contributed by atoms with Crippen molar-refractivity contribution in [3.05, 3.63) is 65.2 Å². The van der Waals surface area contributed by atoms with Crippen LogP contribution >= 0.6 is 11.8 Å². The fourth-order valence-electron chi connectivity index (χ4n) is 4.39. The summed E-state index contributed by atoms with van der Waals surface area (Å²) in [4.78, 5) is 6.20. The van der Waals surface area contributed by atoms with E-state index in [1.807, 2.05) is 11.8 Å². The Kier molecular flexibility index (Phi) is 5.54. The molecule has 2 aliphatic heterocycles. The molecule has 0 aliphatic carbocycles. The van der Waals surface area contributed by atoms with Crippen molar-refractivity contribution in [3.63, 3.8) is 0 Å². The molecule has 0 spiro atoms. The van der Waals surface area contributed by atoms with Crippen molar-refractivity contribution in [2.24, 2.45) is 0 Å². The van der Waals surface area contributed by atoms with Gasteiger partial charge in [0.05, 0.1) is 6.07 Å². The van der Waals surface area contributed by atoms with Crippen LogP contribution < -0.4 is 0 Å². The summed E-state index contributed by atoms with van der Waals surface area (Å²) in [5, 5.41) is 10.5. The van der Waals surface area contributed by atoms with Crippen LogP contribution in [-0.4, -0.2) is 49.6 Å². The summed E-state index contributed by atoms with van der Waals surface area (Å²) in [7, 11) is 2.19. The zero-order valence-corrected chi connectivity index (χ0v) is 16.8. The molecule has 2 aliphatic rings. The number of rotatable bonds is 4. The molecule has 1 saturated heterocycles. The summed E-state index contributed by atoms with van der Waals surface area (Å²) in [6.45, 7) is 5.64. The third-order valence-corrected chi connectivity index (χ3v) is 7.14. The van der Waals surface area contributed by atoms with Gasteiger partial charge in [-0.2, -0.15) is 5.26 Å². The summed E-state index contributed by atoms with van der Waals surface area (Å²) in [6, 6.07) is 19.9. The minimum absolute atomic E-state index is 0.538. The lowest BCUT2D eigenvalue weighted by Gasteiger charge is -2.34. The molecule has 0 saturated carbocycles. The Labute approximate surface area is 167 Å². The van der Waals surface area contributed by atoms with Crippen LogP contribution in [0.5, 0.6) is 0 Å². The SMILES string of the molecule is CN1CCN(CCC[C@]2(C#N)c3ccccc3CSc3ccccc32)CC1. The molecule has 2 aromatic rings. The summed E-state index contributed by atoms with van der Waals surface area (Å²) in [5.41, 5.74) is 3.17. The first-order chi connectivity index (χ1) is 13.2. The van der Waals surface area contributed by atoms with Gasteiger partial charge in [-0.3, -0.25) is 0 Å². The van der Waals surface area contributed by atoms with Crippen LogP contribution in [0.2, 0.25) is 0 Å². The molecule has 2 aromatic carbocycles. The highest BCUT2D eigenvalue weighted by Crippen LogP contribution is 2.46. The lowest BCUT2D eigenvalue weighted by atomic mass is 9.71. The Morgan fingerprint density at radius 2 is 1.70 bits per heavy atom. The van der Waals surface area contributed by atoms with Gasteiger partial charge in [0.15, 0.2) is 0 Å². The quantitative estimate of drug-likeness (QED) is 0.801. The van der Waals surface area contributed by atoms with Crippen molar-refractivity contribution in [1.29, 1.82) is 5.26 Å². The number of hydrogen-bond donors (Lipinski definition) is 0. The maximum atomic E-state index is 10.5. The predicted octanol–water partition coefficient (Wildman–Crippen LogP) is 4.13. The Morgan fingerprint density at radius 3 is 2.48 bits per heavy atom. The highest BCUT2D eigenvalue weighted by molar-refractivity contribution is 7.98. The van der Waals surface area contributed by atoms with Crippen LogP contribution in [0.25, 0.3) is 0 Å². The molecule has 0 unspecified atom stereocenters. The number of hydrogen-bond acceptors (Lipinski definition) is 4. The molecule has 1 atom stereocenters. The summed E-state index contributed by atoms with van der Waals surface area (Å²) < 4.78 is 0. The third kappa shape index (κ3) is 3.65. The molecule has 0 radical (unpaired) electrons. The van der Waals surface area contributed by atoms with Gasteiger partial charge in [-0.25, -0.2) is 0 Å². The fourth-order valence-corrected chi connectivity index (χ4v) is 5.53. The van der Waals surface area contributed by atoms with Gasteiger partial charge < -0.3 is 9.80 Å². The van der Waals surface area contributed by atoms with Crippen molar-refractivity contribution in [2.45, 2.75) is 28.9 Å². The number of fused-ring (bicyclic) bond motifs is 2. The average Bonchev–Trinajstić information content (AvgIpc) is 2.85. The number of piperazine rings is 1. The van der Waals surface area contributed by atoms with Gasteiger partial charge in [-0.15, -0.1) is 11.8 Å². The zero-order chi connectivity index (χ0) is 18.7. The second kappa shape index (κ2) is 8.06. The highest BCUT2D eigenvalue weighted by Gasteiger charge is 2.39. The topological polar surface area (TPSA) is 30.3 Å². The summed E-state index contributed by atoms with van der Waals surface area (Å²) in [6.07, 6.45) is 1.93. The van der Waals surface area contributed by atoms with Gasteiger partial charge in [-0.05, 0) is 49.2 Å². The molecule has 0 bridgehead atoms. The van der Waals surface area contributed by atoms with E-state index in [9.17, 15) is 5.26 Å². The molecule has 4 heteroatoms. The lowest BCUT2D eigenvalue weighted by Crippen LogP contribution is -2.45. The standard InChI is InChI=1S/C23H27N3S/c1-25-13-15-26(16-14-25)12-6-11-23(18-24)20-8-3-2-7-19(20)17-27-22-10-5-4-9-21(22)23/h2-5,7-10H,6,11-17H2,1H3/t23-/m0/s1. The molecule has 3 nitrogen and oxygen atoms in total. The van der Waals surface area contributed by atoms with E-state index in [0.29, 0.717) is 0 Å². The average molecular weight is 378 g/mol. The van der Waals surface area contributed by atoms with Crippen LogP contribution in [0, 0.1) is 11.3 Å². The largest absolute Gasteiger partial charge is 0.304 e. The maximum Gasteiger partial charge on any atom is 0.109 e. The molecule has 0 N–H and O–H groups in total. The van der Waals surface area contributed by atoms with E-state index < -0.39 is 5.41 Å². The predicted molar refractivity (Wildman–Crippen MR) is 112 cm³/mol. The minimum Gasteiger partial charge on any atom is -0.304 e. The molecule has 4 rings (SSSR count). The molecule has 27 heavy (non-hydrogen) atoms. The minimum atomic E-state index is -0.538. The van der Waals surface area contributed by atoms with Crippen molar-refractivity contribution in [1.82, 2.24) is 9.80 Å². The third-order valence-electron chi connectivity index (χ3n) is 6.02. The Morgan fingerprint density at radius 1 is 1.00 bits per heavy atom. The smallest absolute Gasteiger partial charge is 0.109 e. The molecule has 140 valence electrons. The number of benzene rings is 2. The lowest BCUT2D eigenvalue weighted by molar-refractivity contribution is 0.151. The van der Waals surface area contributed by atoms with Crippen molar-refractivity contribution in [2.75, 3.05) is 39.8 Å². The van der Waals surface area contributed by atoms with Gasteiger partial charge in [0.2, 0.25) is 0 Å². The molecule has 0 amide bonds. The first-order valence-electron chi connectivity index (χ1n) is 9.86. The molecule has 1 fully saturated rings. The van der Waals surface area contributed by atoms with Gasteiger partial charge in [-0.1, -0.05) is 42.5 Å². The Balaban J connectivity index is 1.63. The van der Waals surface area contributed by atoms with E-state index in [1.54, 1.807) is 0 Å². The van der Waals surface area contributed by atoms with Crippen LogP contribution in [0.15, 0.2) is 53.4 Å². The summed E-state index contributed by atoms with van der Waals surface area (Å²) in [5.74, 6) is 0.940. The van der Waals surface area contributed by atoms with Crippen LogP contribution in [0.4, 0.5) is 0 Å². The Hall–Kier alpha value is -1.80. The van der Waals surface area contributed by atoms with Crippen molar-refractivity contribution < 1.29 is 0 Å². The molecular weight excluding hydrogens is 350 g/mol. The van der Waals surface area contributed by atoms with E-state index in [2.05, 4.69) is 71.4 Å². The Bertz CT molecular complexity index is 786. The van der Waals surface area contributed by atoms with E-state index in [-0.39, 0.29) is 0 Å². The number of thioether (sulfide) groups is 1. The van der Waals surface area contributed by atoms with E-state index >= 15 is 0 Å².